The van der Waals surface area contributed by atoms with Crippen molar-refractivity contribution in [1.82, 2.24) is 19.8 Å². The Morgan fingerprint density at radius 1 is 1.28 bits per heavy atom. The molecule has 0 saturated carbocycles. The first kappa shape index (κ1) is 25.2. The number of aliphatic carboxylic acids is 1. The van der Waals surface area contributed by atoms with Gasteiger partial charge in [-0.1, -0.05) is 6.07 Å². The summed E-state index contributed by atoms with van der Waals surface area (Å²) in [6.45, 7) is 6.91. The van der Waals surface area contributed by atoms with Crippen molar-refractivity contribution in [3.63, 3.8) is 0 Å². The summed E-state index contributed by atoms with van der Waals surface area (Å²) < 4.78 is 39.3. The number of nitrogens with zero attached hydrogens (tertiary/aromatic N) is 3. The molecule has 1 amide bonds. The van der Waals surface area contributed by atoms with E-state index < -0.39 is 12.1 Å². The van der Waals surface area contributed by atoms with E-state index in [4.69, 9.17) is 14.6 Å². The predicted octanol–water partition coefficient (Wildman–Crippen LogP) is 2.68. The van der Waals surface area contributed by atoms with Crippen LogP contribution in [0.15, 0.2) is 36.7 Å². The van der Waals surface area contributed by atoms with Crippen molar-refractivity contribution in [1.29, 1.82) is 0 Å². The molecule has 0 aromatic carbocycles. The highest BCUT2D eigenvalue weighted by Gasteiger charge is 2.38. The van der Waals surface area contributed by atoms with Crippen LogP contribution in [0.1, 0.15) is 25.1 Å². The lowest BCUT2D eigenvalue weighted by Gasteiger charge is -2.24. The minimum Gasteiger partial charge on any atom is -0.481 e. The van der Waals surface area contributed by atoms with E-state index in [0.717, 1.165) is 12.1 Å². The number of aromatic nitrogens is 2. The molecule has 3 rings (SSSR count). The molecular formula is C21H27F3N4O4. The van der Waals surface area contributed by atoms with E-state index in [0.29, 0.717) is 25.5 Å². The van der Waals surface area contributed by atoms with Crippen LogP contribution in [0.2, 0.25) is 0 Å². The predicted molar refractivity (Wildman–Crippen MR) is 110 cm³/mol. The summed E-state index contributed by atoms with van der Waals surface area (Å²) in [4.78, 5) is 28.1. The summed E-state index contributed by atoms with van der Waals surface area (Å²) in [5, 5.41) is 10.2. The molecule has 1 aliphatic rings. The highest BCUT2D eigenvalue weighted by molar-refractivity contribution is 5.79. The molecule has 0 bridgehead atoms. The van der Waals surface area contributed by atoms with E-state index in [1.54, 1.807) is 13.3 Å². The number of hydrogen-bond donors (Lipinski definition) is 2. The highest BCUT2D eigenvalue weighted by atomic mass is 19.4. The van der Waals surface area contributed by atoms with E-state index in [1.165, 1.54) is 5.69 Å². The van der Waals surface area contributed by atoms with Crippen molar-refractivity contribution in [2.24, 2.45) is 5.92 Å². The van der Waals surface area contributed by atoms with Crippen molar-refractivity contribution >= 4 is 11.9 Å². The number of rotatable bonds is 5. The molecule has 2 N–H and O–H groups in total. The minimum absolute atomic E-state index is 0.0845. The topological polar surface area (TPSA) is 96.7 Å². The van der Waals surface area contributed by atoms with Crippen LogP contribution in [-0.2, 0) is 29.2 Å². The van der Waals surface area contributed by atoms with Gasteiger partial charge in [0.05, 0.1) is 13.0 Å². The largest absolute Gasteiger partial charge is 0.490 e. The van der Waals surface area contributed by atoms with Crippen LogP contribution < -0.4 is 10.1 Å². The molecule has 1 atom stereocenters. The Hall–Kier alpha value is -3.08. The fraction of sp³-hybridized carbons (Fsp3) is 0.476. The number of ether oxygens (including phenoxy) is 1. The van der Waals surface area contributed by atoms with Gasteiger partial charge in [0.25, 0.3) is 0 Å². The van der Waals surface area contributed by atoms with Crippen LogP contribution in [0.4, 0.5) is 13.2 Å². The van der Waals surface area contributed by atoms with Gasteiger partial charge in [-0.3, -0.25) is 9.69 Å². The molecule has 0 fully saturated rings. The number of carboxylic acids is 1. The normalized spacial score (nSPS) is 16.4. The van der Waals surface area contributed by atoms with Gasteiger partial charge < -0.3 is 19.7 Å². The molecule has 1 unspecified atom stereocenters. The molecule has 3 heterocycles. The maximum absolute atomic E-state index is 12.6. The summed E-state index contributed by atoms with van der Waals surface area (Å²) in [5.74, 6) is -2.09. The van der Waals surface area contributed by atoms with Crippen LogP contribution in [0, 0.1) is 5.92 Å². The summed E-state index contributed by atoms with van der Waals surface area (Å²) >= 11 is 0. The van der Waals surface area contributed by atoms with Crippen LogP contribution in [0.3, 0.4) is 0 Å². The number of hydrogen-bond acceptors (Lipinski definition) is 5. The van der Waals surface area contributed by atoms with Gasteiger partial charge in [0.1, 0.15) is 0 Å². The number of nitrogens with one attached hydrogen (secondary N) is 1. The fourth-order valence-electron chi connectivity index (χ4n) is 3.33. The van der Waals surface area contributed by atoms with E-state index in [2.05, 4.69) is 32.0 Å². The summed E-state index contributed by atoms with van der Waals surface area (Å²) in [5.41, 5.74) is 2.26. The van der Waals surface area contributed by atoms with E-state index in [9.17, 15) is 18.0 Å². The van der Waals surface area contributed by atoms with Crippen LogP contribution >= 0.6 is 0 Å². The average Bonchev–Trinajstić information content (AvgIpc) is 3.06. The first-order chi connectivity index (χ1) is 15.0. The second-order valence-corrected chi connectivity index (χ2v) is 7.66. The number of carbonyl (C=O) groups excluding carboxylic acids is 1. The van der Waals surface area contributed by atoms with Crippen LogP contribution in [-0.4, -0.2) is 57.3 Å². The Morgan fingerprint density at radius 3 is 2.56 bits per heavy atom. The van der Waals surface area contributed by atoms with Gasteiger partial charge in [0.2, 0.25) is 11.8 Å². The molecule has 11 heteroatoms. The lowest BCUT2D eigenvalue weighted by Crippen LogP contribution is -2.41. The molecular weight excluding hydrogens is 429 g/mol. The maximum atomic E-state index is 12.6. The third kappa shape index (κ3) is 7.26. The number of carboxylic acid groups (broad SMARTS) is 1. The second kappa shape index (κ2) is 11.0. The molecule has 8 nitrogen and oxygen atoms in total. The van der Waals surface area contributed by atoms with Crippen LogP contribution in [0.25, 0.3) is 0 Å². The molecule has 2 aromatic rings. The lowest BCUT2D eigenvalue weighted by atomic mass is 10.1. The quantitative estimate of drug-likeness (QED) is 0.718. The van der Waals surface area contributed by atoms with Crippen LogP contribution in [0.5, 0.6) is 5.88 Å². The number of alkyl halides is 3. The summed E-state index contributed by atoms with van der Waals surface area (Å²) in [7, 11) is 1.64. The van der Waals surface area contributed by atoms with Crippen molar-refractivity contribution in [3.8, 4) is 5.88 Å². The van der Waals surface area contributed by atoms with Crippen molar-refractivity contribution in [2.45, 2.75) is 45.7 Å². The van der Waals surface area contributed by atoms with Crippen molar-refractivity contribution in [3.05, 3.63) is 47.9 Å². The third-order valence-electron chi connectivity index (χ3n) is 4.69. The highest BCUT2D eigenvalue weighted by Crippen LogP contribution is 2.22. The second-order valence-electron chi connectivity index (χ2n) is 7.66. The maximum Gasteiger partial charge on any atom is 0.490 e. The van der Waals surface area contributed by atoms with Gasteiger partial charge in [0, 0.05) is 55.9 Å². The Labute approximate surface area is 184 Å². The van der Waals surface area contributed by atoms with Gasteiger partial charge in [-0.15, -0.1) is 0 Å². The molecule has 0 spiro atoms. The molecule has 2 aromatic heterocycles. The number of methoxy groups -OCH3 is 1. The molecule has 0 radical (unpaired) electrons. The Balaban J connectivity index is 0.000000451. The van der Waals surface area contributed by atoms with Gasteiger partial charge in [-0.05, 0) is 32.0 Å². The van der Waals surface area contributed by atoms with E-state index >= 15 is 0 Å². The Kier molecular flexibility index (Phi) is 8.64. The first-order valence-corrected chi connectivity index (χ1v) is 9.96. The first-order valence-electron chi connectivity index (χ1n) is 9.96. The SMILES string of the molecule is COc1ncccc1CN1Cc2cccn2CC(C(=O)NC(C)C)C1.O=C(O)C(F)(F)F. The van der Waals surface area contributed by atoms with Gasteiger partial charge in [0.15, 0.2) is 0 Å². The zero-order valence-electron chi connectivity index (χ0n) is 18.1. The zero-order chi connectivity index (χ0) is 23.9. The number of carbonyl (C=O) groups is 2. The third-order valence-corrected chi connectivity index (χ3v) is 4.69. The monoisotopic (exact) mass is 456 g/mol. The summed E-state index contributed by atoms with van der Waals surface area (Å²) in [6, 6.07) is 8.25. The molecule has 1 aliphatic heterocycles. The molecule has 32 heavy (non-hydrogen) atoms. The Morgan fingerprint density at radius 2 is 1.97 bits per heavy atom. The average molecular weight is 456 g/mol. The summed E-state index contributed by atoms with van der Waals surface area (Å²) in [6.07, 6.45) is -1.30. The molecule has 0 saturated heterocycles. The number of halogens is 3. The van der Waals surface area contributed by atoms with Gasteiger partial charge in [-0.2, -0.15) is 13.2 Å². The fourth-order valence-corrected chi connectivity index (χ4v) is 3.33. The van der Waals surface area contributed by atoms with E-state index in [1.807, 2.05) is 32.0 Å². The number of pyridine rings is 1. The standard InChI is InChI=1S/C19H26N4O2.C2HF3O2/c1-14(2)21-18(24)16-11-22(13-17-7-5-9-23(17)12-16)10-15-6-4-8-20-19(15)25-3;3-2(4,5)1(6)7/h4-9,14,16H,10-13H2,1-3H3,(H,21,24);(H,6,7). The smallest absolute Gasteiger partial charge is 0.481 e. The number of amides is 1. The minimum atomic E-state index is -5.08. The van der Waals surface area contributed by atoms with Gasteiger partial charge in [-0.25, -0.2) is 9.78 Å². The Bertz CT molecular complexity index is 914. The molecule has 0 aliphatic carbocycles. The zero-order valence-corrected chi connectivity index (χ0v) is 18.1. The molecule has 176 valence electrons. The van der Waals surface area contributed by atoms with Crippen molar-refractivity contribution < 1.29 is 32.6 Å². The van der Waals surface area contributed by atoms with Gasteiger partial charge >= 0.3 is 12.1 Å². The van der Waals surface area contributed by atoms with Crippen molar-refractivity contribution in [2.75, 3.05) is 13.7 Å². The number of fused-ring (bicyclic) bond motifs is 1. The van der Waals surface area contributed by atoms with E-state index in [-0.39, 0.29) is 17.9 Å². The lowest BCUT2D eigenvalue weighted by molar-refractivity contribution is -0.192.